The molecule has 0 unspecified atom stereocenters. The molecule has 1 saturated heterocycles. The van der Waals surface area contributed by atoms with E-state index in [1.54, 1.807) is 6.92 Å². The van der Waals surface area contributed by atoms with E-state index in [-0.39, 0.29) is 0 Å². The molecule has 1 aliphatic rings. The maximum atomic E-state index is 11.9. The summed E-state index contributed by atoms with van der Waals surface area (Å²) in [4.78, 5) is 0. The first-order valence-electron chi connectivity index (χ1n) is 4.87. The summed E-state index contributed by atoms with van der Waals surface area (Å²) in [6.07, 6.45) is 0. The standard InChI is InChI=1S/C7H13N5O2S2/c1-6-9-10-7(15-6)11-16(13,14)12-4-2-8-3-5-12/h8H,2-5H2,1H3,(H,10,11). The van der Waals surface area contributed by atoms with Crippen molar-refractivity contribution >= 4 is 26.7 Å². The minimum atomic E-state index is -3.47. The lowest BCUT2D eigenvalue weighted by Gasteiger charge is -2.26. The summed E-state index contributed by atoms with van der Waals surface area (Å²) in [6, 6.07) is 0. The van der Waals surface area contributed by atoms with E-state index in [1.807, 2.05) is 0 Å². The van der Waals surface area contributed by atoms with Gasteiger partial charge in [0.1, 0.15) is 5.01 Å². The zero-order valence-corrected chi connectivity index (χ0v) is 10.4. The quantitative estimate of drug-likeness (QED) is 0.761. The molecular weight excluding hydrogens is 250 g/mol. The third-order valence-corrected chi connectivity index (χ3v) is 4.54. The molecule has 1 aromatic heterocycles. The Morgan fingerprint density at radius 3 is 2.62 bits per heavy atom. The summed E-state index contributed by atoms with van der Waals surface area (Å²) in [5, 5.41) is 11.6. The van der Waals surface area contributed by atoms with Crippen LogP contribution in [0.5, 0.6) is 0 Å². The van der Waals surface area contributed by atoms with E-state index < -0.39 is 10.2 Å². The fourth-order valence-electron chi connectivity index (χ4n) is 1.40. The van der Waals surface area contributed by atoms with E-state index >= 15 is 0 Å². The maximum Gasteiger partial charge on any atom is 0.303 e. The van der Waals surface area contributed by atoms with Gasteiger partial charge < -0.3 is 5.32 Å². The predicted molar refractivity (Wildman–Crippen MR) is 61.6 cm³/mol. The lowest BCUT2D eigenvalue weighted by atomic mass is 10.4. The van der Waals surface area contributed by atoms with Crippen molar-refractivity contribution in [2.75, 3.05) is 30.9 Å². The molecular formula is C7H13N5O2S2. The van der Waals surface area contributed by atoms with Crippen LogP contribution in [0.1, 0.15) is 5.01 Å². The molecule has 1 fully saturated rings. The number of anilines is 1. The summed E-state index contributed by atoms with van der Waals surface area (Å²) < 4.78 is 27.6. The topological polar surface area (TPSA) is 87.2 Å². The summed E-state index contributed by atoms with van der Waals surface area (Å²) >= 11 is 1.22. The van der Waals surface area contributed by atoms with Crippen molar-refractivity contribution in [1.29, 1.82) is 0 Å². The molecule has 0 amide bonds. The SMILES string of the molecule is Cc1nnc(NS(=O)(=O)N2CCNCC2)s1. The second-order valence-corrected chi connectivity index (χ2v) is 6.23. The number of nitrogens with one attached hydrogen (secondary N) is 2. The molecule has 7 nitrogen and oxygen atoms in total. The van der Waals surface area contributed by atoms with Gasteiger partial charge in [0.15, 0.2) is 0 Å². The number of rotatable bonds is 3. The first-order chi connectivity index (χ1) is 7.58. The Labute approximate surface area is 98.1 Å². The van der Waals surface area contributed by atoms with E-state index in [9.17, 15) is 8.42 Å². The molecule has 0 radical (unpaired) electrons. The van der Waals surface area contributed by atoms with Gasteiger partial charge in [0.25, 0.3) is 0 Å². The average Bonchev–Trinajstić information content (AvgIpc) is 2.64. The molecule has 9 heteroatoms. The van der Waals surface area contributed by atoms with E-state index in [0.717, 1.165) is 5.01 Å². The van der Waals surface area contributed by atoms with Gasteiger partial charge in [-0.3, -0.25) is 0 Å². The fourth-order valence-corrected chi connectivity index (χ4v) is 3.38. The Morgan fingerprint density at radius 1 is 1.38 bits per heavy atom. The van der Waals surface area contributed by atoms with Crippen LogP contribution in [0.2, 0.25) is 0 Å². The minimum Gasteiger partial charge on any atom is -0.314 e. The van der Waals surface area contributed by atoms with E-state index in [0.29, 0.717) is 31.3 Å². The number of piperazine rings is 1. The smallest absolute Gasteiger partial charge is 0.303 e. The lowest BCUT2D eigenvalue weighted by Crippen LogP contribution is -2.48. The van der Waals surface area contributed by atoms with E-state index in [2.05, 4.69) is 20.2 Å². The lowest BCUT2D eigenvalue weighted by molar-refractivity contribution is 0.362. The van der Waals surface area contributed by atoms with Crippen molar-refractivity contribution in [3.63, 3.8) is 0 Å². The normalized spacial score (nSPS) is 18.6. The van der Waals surface area contributed by atoms with Crippen LogP contribution >= 0.6 is 11.3 Å². The van der Waals surface area contributed by atoms with Crippen LogP contribution in [0.4, 0.5) is 5.13 Å². The predicted octanol–water partition coefficient (Wildman–Crippen LogP) is -0.592. The zero-order valence-electron chi connectivity index (χ0n) is 8.80. The van der Waals surface area contributed by atoms with Gasteiger partial charge in [0, 0.05) is 26.2 Å². The third kappa shape index (κ3) is 2.67. The molecule has 16 heavy (non-hydrogen) atoms. The number of aryl methyl sites for hydroxylation is 1. The van der Waals surface area contributed by atoms with E-state index in [4.69, 9.17) is 0 Å². The molecule has 0 bridgehead atoms. The molecule has 0 spiro atoms. The van der Waals surface area contributed by atoms with Crippen molar-refractivity contribution in [2.24, 2.45) is 0 Å². The van der Waals surface area contributed by atoms with Gasteiger partial charge in [-0.1, -0.05) is 11.3 Å². The van der Waals surface area contributed by atoms with Gasteiger partial charge in [-0.15, -0.1) is 10.2 Å². The van der Waals surface area contributed by atoms with Crippen LogP contribution in [-0.2, 0) is 10.2 Å². The van der Waals surface area contributed by atoms with Crippen LogP contribution in [0.25, 0.3) is 0 Å². The van der Waals surface area contributed by atoms with Gasteiger partial charge in [-0.25, -0.2) is 4.72 Å². The van der Waals surface area contributed by atoms with Crippen LogP contribution in [0, 0.1) is 6.92 Å². The highest BCUT2D eigenvalue weighted by Crippen LogP contribution is 2.16. The number of aromatic nitrogens is 2. The first kappa shape index (κ1) is 11.7. The highest BCUT2D eigenvalue weighted by atomic mass is 32.2. The molecule has 2 N–H and O–H groups in total. The highest BCUT2D eigenvalue weighted by molar-refractivity contribution is 7.90. The first-order valence-corrected chi connectivity index (χ1v) is 7.12. The molecule has 0 aromatic carbocycles. The molecule has 1 aliphatic heterocycles. The molecule has 0 aliphatic carbocycles. The monoisotopic (exact) mass is 263 g/mol. The van der Waals surface area contributed by atoms with Crippen LogP contribution < -0.4 is 10.0 Å². The largest absolute Gasteiger partial charge is 0.314 e. The second-order valence-electron chi connectivity index (χ2n) is 3.38. The molecule has 90 valence electrons. The summed E-state index contributed by atoms with van der Waals surface area (Å²) in [6.45, 7) is 4.09. The fraction of sp³-hybridized carbons (Fsp3) is 0.714. The molecule has 2 heterocycles. The second kappa shape index (κ2) is 4.62. The van der Waals surface area contributed by atoms with Crippen molar-refractivity contribution < 1.29 is 8.42 Å². The minimum absolute atomic E-state index is 0.316. The van der Waals surface area contributed by atoms with Crippen molar-refractivity contribution in [3.8, 4) is 0 Å². The maximum absolute atomic E-state index is 11.9. The highest BCUT2D eigenvalue weighted by Gasteiger charge is 2.24. The zero-order chi connectivity index (χ0) is 11.6. The molecule has 0 saturated carbocycles. The Morgan fingerprint density at radius 2 is 2.06 bits per heavy atom. The van der Waals surface area contributed by atoms with Gasteiger partial charge in [-0.05, 0) is 6.92 Å². The number of hydrogen-bond acceptors (Lipinski definition) is 6. The molecule has 0 atom stereocenters. The van der Waals surface area contributed by atoms with Gasteiger partial charge in [0.05, 0.1) is 0 Å². The van der Waals surface area contributed by atoms with E-state index in [1.165, 1.54) is 15.6 Å². The third-order valence-electron chi connectivity index (χ3n) is 2.16. The van der Waals surface area contributed by atoms with Crippen molar-refractivity contribution in [3.05, 3.63) is 5.01 Å². The Kier molecular flexibility index (Phi) is 3.38. The molecule has 1 aromatic rings. The Hall–Kier alpha value is -0.770. The van der Waals surface area contributed by atoms with Crippen molar-refractivity contribution in [2.45, 2.75) is 6.92 Å². The Bertz CT molecular complexity index is 451. The van der Waals surface area contributed by atoms with Crippen LogP contribution in [0.3, 0.4) is 0 Å². The Balaban J connectivity index is 2.07. The summed E-state index contributed by atoms with van der Waals surface area (Å²) in [5.74, 6) is 0. The average molecular weight is 263 g/mol. The number of nitrogens with zero attached hydrogens (tertiary/aromatic N) is 3. The van der Waals surface area contributed by atoms with Gasteiger partial charge in [0.2, 0.25) is 5.13 Å². The summed E-state index contributed by atoms with van der Waals surface area (Å²) in [7, 11) is -3.47. The van der Waals surface area contributed by atoms with Gasteiger partial charge in [-0.2, -0.15) is 12.7 Å². The molecule has 2 rings (SSSR count). The van der Waals surface area contributed by atoms with Crippen LogP contribution in [-0.4, -0.2) is 49.1 Å². The van der Waals surface area contributed by atoms with Gasteiger partial charge >= 0.3 is 10.2 Å². The van der Waals surface area contributed by atoms with Crippen LogP contribution in [0.15, 0.2) is 0 Å². The number of hydrogen-bond donors (Lipinski definition) is 2. The van der Waals surface area contributed by atoms with Crippen molar-refractivity contribution in [1.82, 2.24) is 19.8 Å². The summed E-state index contributed by atoms with van der Waals surface area (Å²) in [5.41, 5.74) is 0.